The van der Waals surface area contributed by atoms with Gasteiger partial charge in [0, 0.05) is 6.42 Å². The van der Waals surface area contributed by atoms with Crippen LogP contribution in [0.5, 0.6) is 0 Å². The van der Waals surface area contributed by atoms with E-state index in [0.29, 0.717) is 23.2 Å². The topological polar surface area (TPSA) is 46.5 Å². The van der Waals surface area contributed by atoms with Crippen molar-refractivity contribution >= 4 is 5.97 Å². The number of aliphatic hydroxyl groups excluding tert-OH is 1. The lowest BCUT2D eigenvalue weighted by atomic mass is 9.44. The molecule has 0 aliphatic heterocycles. The molecule has 4 aliphatic carbocycles. The summed E-state index contributed by atoms with van der Waals surface area (Å²) in [5.74, 6) is 4.70. The molecule has 0 bridgehead atoms. The Kier molecular flexibility index (Phi) is 7.84. The van der Waals surface area contributed by atoms with Gasteiger partial charge in [-0.15, -0.1) is 0 Å². The maximum Gasteiger partial charge on any atom is 0.306 e. The third-order valence-corrected chi connectivity index (χ3v) is 11.7. The van der Waals surface area contributed by atoms with Gasteiger partial charge in [0.15, 0.2) is 0 Å². The molecule has 8 unspecified atom stereocenters. The molecule has 4 rings (SSSR count). The van der Waals surface area contributed by atoms with Crippen LogP contribution in [0.3, 0.4) is 0 Å². The molecule has 4 aliphatic rings. The minimum absolute atomic E-state index is 0.00194. The van der Waals surface area contributed by atoms with E-state index in [0.717, 1.165) is 68.1 Å². The maximum absolute atomic E-state index is 12.6. The van der Waals surface area contributed by atoms with E-state index in [1.807, 2.05) is 0 Å². The van der Waals surface area contributed by atoms with Gasteiger partial charge in [-0.25, -0.2) is 0 Å². The predicted octanol–water partition coefficient (Wildman–Crippen LogP) is 7.93. The van der Waals surface area contributed by atoms with E-state index in [-0.39, 0.29) is 17.7 Å². The van der Waals surface area contributed by atoms with E-state index in [1.54, 1.807) is 0 Å². The molecule has 0 saturated heterocycles. The molecule has 4 fully saturated rings. The van der Waals surface area contributed by atoms with Crippen molar-refractivity contribution < 1.29 is 14.6 Å². The molecular formula is C31H54O3. The summed E-state index contributed by atoms with van der Waals surface area (Å²) in [5, 5.41) is 10.3. The first-order valence-corrected chi connectivity index (χ1v) is 14.9. The molecule has 0 amide bonds. The minimum Gasteiger partial charge on any atom is -0.460 e. The summed E-state index contributed by atoms with van der Waals surface area (Å²) in [6, 6.07) is 0. The Balaban J connectivity index is 1.36. The fourth-order valence-electron chi connectivity index (χ4n) is 9.77. The molecule has 0 heterocycles. The van der Waals surface area contributed by atoms with E-state index in [1.165, 1.54) is 44.9 Å². The van der Waals surface area contributed by atoms with Gasteiger partial charge in [0.1, 0.15) is 5.60 Å². The molecule has 3 nitrogen and oxygen atoms in total. The molecule has 0 aromatic carbocycles. The Morgan fingerprint density at radius 1 is 1.03 bits per heavy atom. The van der Waals surface area contributed by atoms with Crippen LogP contribution in [0.25, 0.3) is 0 Å². The second-order valence-electron chi connectivity index (χ2n) is 14.2. The van der Waals surface area contributed by atoms with Crippen LogP contribution in [0.2, 0.25) is 0 Å². The summed E-state index contributed by atoms with van der Waals surface area (Å²) in [4.78, 5) is 12.6. The van der Waals surface area contributed by atoms with Crippen LogP contribution in [0.1, 0.15) is 131 Å². The molecule has 1 N–H and O–H groups in total. The van der Waals surface area contributed by atoms with E-state index >= 15 is 0 Å². The largest absolute Gasteiger partial charge is 0.460 e. The lowest BCUT2D eigenvalue weighted by Gasteiger charge is -2.61. The van der Waals surface area contributed by atoms with Gasteiger partial charge in [-0.1, -0.05) is 34.1 Å². The summed E-state index contributed by atoms with van der Waals surface area (Å²) in [6.45, 7) is 13.9. The summed E-state index contributed by atoms with van der Waals surface area (Å²) in [5.41, 5.74) is 0.576. The van der Waals surface area contributed by atoms with Gasteiger partial charge in [-0.2, -0.15) is 0 Å². The molecule has 4 saturated carbocycles. The number of ether oxygens (including phenoxy) is 1. The average Bonchev–Trinajstić information content (AvgIpc) is 3.13. The first kappa shape index (κ1) is 26.5. The molecular weight excluding hydrogens is 420 g/mol. The van der Waals surface area contributed by atoms with Crippen molar-refractivity contribution in [2.24, 2.45) is 46.3 Å². The summed E-state index contributed by atoms with van der Waals surface area (Å²) < 4.78 is 5.87. The van der Waals surface area contributed by atoms with Crippen LogP contribution in [-0.4, -0.2) is 22.8 Å². The van der Waals surface area contributed by atoms with Crippen LogP contribution in [0.15, 0.2) is 0 Å². The highest BCUT2D eigenvalue weighted by molar-refractivity contribution is 5.69. The zero-order valence-corrected chi connectivity index (χ0v) is 23.2. The number of unbranched alkanes of at least 4 members (excludes halogenated alkanes) is 1. The SMILES string of the molecule is CCCCC(C)(C)OC(=O)CCC(C)C1CCC2C3CCC4C[C@H](O)CCC4(C)C3CCC12C. The summed E-state index contributed by atoms with van der Waals surface area (Å²) >= 11 is 0. The minimum atomic E-state index is -0.330. The van der Waals surface area contributed by atoms with Gasteiger partial charge < -0.3 is 9.84 Å². The maximum atomic E-state index is 12.6. The van der Waals surface area contributed by atoms with Crippen molar-refractivity contribution in [1.82, 2.24) is 0 Å². The van der Waals surface area contributed by atoms with Crippen LogP contribution in [-0.2, 0) is 9.53 Å². The quantitative estimate of drug-likeness (QED) is 0.363. The fraction of sp³-hybridized carbons (Fsp3) is 0.968. The number of hydrogen-bond donors (Lipinski definition) is 1. The number of fused-ring (bicyclic) bond motifs is 5. The van der Waals surface area contributed by atoms with Crippen LogP contribution in [0, 0.1) is 46.3 Å². The third kappa shape index (κ3) is 4.98. The van der Waals surface area contributed by atoms with Gasteiger partial charge >= 0.3 is 5.97 Å². The molecule has 0 aromatic rings. The number of rotatable bonds is 8. The monoisotopic (exact) mass is 474 g/mol. The molecule has 9 atom stereocenters. The second-order valence-corrected chi connectivity index (χ2v) is 14.2. The molecule has 0 spiro atoms. The van der Waals surface area contributed by atoms with Gasteiger partial charge in [0.05, 0.1) is 6.10 Å². The van der Waals surface area contributed by atoms with Gasteiger partial charge in [0.25, 0.3) is 0 Å². The Labute approximate surface area is 210 Å². The van der Waals surface area contributed by atoms with E-state index in [9.17, 15) is 9.90 Å². The highest BCUT2D eigenvalue weighted by Crippen LogP contribution is 2.68. The molecule has 34 heavy (non-hydrogen) atoms. The number of carbonyl (C=O) groups excluding carboxylic acids is 1. The van der Waals surface area contributed by atoms with Gasteiger partial charge in [-0.3, -0.25) is 4.79 Å². The van der Waals surface area contributed by atoms with Crippen LogP contribution < -0.4 is 0 Å². The summed E-state index contributed by atoms with van der Waals surface area (Å²) in [7, 11) is 0. The highest BCUT2D eigenvalue weighted by atomic mass is 16.6. The Morgan fingerprint density at radius 2 is 1.74 bits per heavy atom. The zero-order chi connectivity index (χ0) is 24.7. The second kappa shape index (κ2) is 10.1. The average molecular weight is 475 g/mol. The van der Waals surface area contributed by atoms with Crippen molar-refractivity contribution in [3.8, 4) is 0 Å². The van der Waals surface area contributed by atoms with E-state index in [2.05, 4.69) is 41.5 Å². The van der Waals surface area contributed by atoms with Crippen molar-refractivity contribution in [2.45, 2.75) is 143 Å². The number of carbonyl (C=O) groups is 1. The molecule has 0 radical (unpaired) electrons. The van der Waals surface area contributed by atoms with Crippen molar-refractivity contribution in [1.29, 1.82) is 0 Å². The van der Waals surface area contributed by atoms with Gasteiger partial charge in [0.2, 0.25) is 0 Å². The van der Waals surface area contributed by atoms with Crippen LogP contribution in [0.4, 0.5) is 0 Å². The normalized spacial score (nSPS) is 42.9. The first-order chi connectivity index (χ1) is 16.0. The van der Waals surface area contributed by atoms with Crippen molar-refractivity contribution in [3.63, 3.8) is 0 Å². The smallest absolute Gasteiger partial charge is 0.306 e. The van der Waals surface area contributed by atoms with Gasteiger partial charge in [-0.05, 0) is 137 Å². The van der Waals surface area contributed by atoms with Crippen molar-refractivity contribution in [3.05, 3.63) is 0 Å². The lowest BCUT2D eigenvalue weighted by Crippen LogP contribution is -2.54. The predicted molar refractivity (Wildman–Crippen MR) is 139 cm³/mol. The fourth-order valence-corrected chi connectivity index (χ4v) is 9.77. The summed E-state index contributed by atoms with van der Waals surface area (Å²) in [6.07, 6.45) is 16.2. The number of aliphatic hydroxyl groups is 1. The first-order valence-electron chi connectivity index (χ1n) is 14.9. The van der Waals surface area contributed by atoms with Crippen molar-refractivity contribution in [2.75, 3.05) is 0 Å². The Bertz CT molecular complexity index is 715. The number of hydrogen-bond acceptors (Lipinski definition) is 3. The zero-order valence-electron chi connectivity index (χ0n) is 23.2. The molecule has 3 heteroatoms. The third-order valence-electron chi connectivity index (χ3n) is 11.7. The van der Waals surface area contributed by atoms with E-state index < -0.39 is 0 Å². The van der Waals surface area contributed by atoms with Crippen LogP contribution >= 0.6 is 0 Å². The Hall–Kier alpha value is -0.570. The molecule has 196 valence electrons. The highest BCUT2D eigenvalue weighted by Gasteiger charge is 2.60. The molecule has 0 aromatic heterocycles. The number of esters is 1. The Morgan fingerprint density at radius 3 is 2.47 bits per heavy atom. The van der Waals surface area contributed by atoms with E-state index in [4.69, 9.17) is 4.74 Å². The lowest BCUT2D eigenvalue weighted by molar-refractivity contribution is -0.157. The standard InChI is InChI=1S/C31H54O3/c1-7-8-17-29(3,4)34-28(33)14-9-21(2)25-12-13-26-24-11-10-22-20-23(32)15-18-30(22,5)27(24)16-19-31(25,26)6/h21-27,32H,7-20H2,1-6H3/t21?,22?,23-,24?,25?,26?,27?,30?,31?/m1/s1.